The smallest absolute Gasteiger partial charge is 0.183 e. The Morgan fingerprint density at radius 1 is 1.10 bits per heavy atom. The van der Waals surface area contributed by atoms with Crippen LogP contribution in [0.2, 0.25) is 0 Å². The summed E-state index contributed by atoms with van der Waals surface area (Å²) in [6.07, 6.45) is 1.17. The number of aryl methyl sites for hydroxylation is 1. The summed E-state index contributed by atoms with van der Waals surface area (Å²) in [4.78, 5) is 0. The van der Waals surface area contributed by atoms with E-state index in [9.17, 15) is 15.6 Å². The Morgan fingerprint density at radius 2 is 1.83 bits per heavy atom. The lowest BCUT2D eigenvalue weighted by Gasteiger charge is -2.40. The van der Waals surface area contributed by atoms with Crippen molar-refractivity contribution in [3.8, 4) is 17.9 Å². The number of nitriles is 2. The van der Waals surface area contributed by atoms with E-state index >= 15 is 0 Å². The average molecular weight is 382 g/mol. The van der Waals surface area contributed by atoms with Crippen LogP contribution in [0.3, 0.4) is 0 Å². The van der Waals surface area contributed by atoms with E-state index in [1.807, 2.05) is 42.5 Å². The molecular weight excluding hydrogens is 364 g/mol. The number of ether oxygens (including phenoxy) is 1. The summed E-state index contributed by atoms with van der Waals surface area (Å²) in [5.41, 5.74) is 0.594. The molecule has 1 aliphatic heterocycles. The Labute approximate surface area is 168 Å². The molecule has 1 saturated carbocycles. The summed E-state index contributed by atoms with van der Waals surface area (Å²) < 4.78 is 8.01. The van der Waals surface area contributed by atoms with Gasteiger partial charge in [0, 0.05) is 13.0 Å². The summed E-state index contributed by atoms with van der Waals surface area (Å²) in [7, 11) is 1.68. The van der Waals surface area contributed by atoms with Crippen molar-refractivity contribution in [3.63, 3.8) is 0 Å². The van der Waals surface area contributed by atoms with Gasteiger partial charge < -0.3 is 9.84 Å². The monoisotopic (exact) mass is 382 g/mol. The minimum atomic E-state index is -1.37. The van der Waals surface area contributed by atoms with Gasteiger partial charge in [-0.1, -0.05) is 42.5 Å². The van der Waals surface area contributed by atoms with Crippen molar-refractivity contribution in [2.45, 2.75) is 30.0 Å². The zero-order valence-electron chi connectivity index (χ0n) is 15.8. The molecule has 2 heterocycles. The number of rotatable bonds is 2. The van der Waals surface area contributed by atoms with Crippen LogP contribution in [-0.4, -0.2) is 14.9 Å². The third-order valence-corrected chi connectivity index (χ3v) is 6.31. The molecule has 1 unspecified atom stereocenters. The van der Waals surface area contributed by atoms with Crippen LogP contribution in [0.25, 0.3) is 0 Å². The fourth-order valence-corrected chi connectivity index (χ4v) is 5.01. The van der Waals surface area contributed by atoms with Crippen LogP contribution < -0.4 is 4.74 Å². The number of fused-ring (bicyclic) bond motifs is 3. The Bertz CT molecular complexity index is 1190. The Morgan fingerprint density at radius 3 is 2.48 bits per heavy atom. The molecule has 142 valence electrons. The van der Waals surface area contributed by atoms with E-state index in [2.05, 4.69) is 17.2 Å². The van der Waals surface area contributed by atoms with Gasteiger partial charge >= 0.3 is 0 Å². The SMILES string of the molecule is Cn1nc2c(c1C#N)O[C@@]1(c3ccc(C#N)cc3)[C@H](c3ccccc3)CCC21O. The second kappa shape index (κ2) is 5.94. The maximum absolute atomic E-state index is 12.0. The second-order valence-corrected chi connectivity index (χ2v) is 7.65. The summed E-state index contributed by atoms with van der Waals surface area (Å²) in [6.45, 7) is 0. The summed E-state index contributed by atoms with van der Waals surface area (Å²) in [5, 5.41) is 35.3. The first-order chi connectivity index (χ1) is 14.0. The van der Waals surface area contributed by atoms with Gasteiger partial charge in [-0.15, -0.1) is 0 Å². The predicted molar refractivity (Wildman–Crippen MR) is 104 cm³/mol. The highest BCUT2D eigenvalue weighted by molar-refractivity contribution is 5.55. The number of aliphatic hydroxyl groups is 1. The zero-order valence-corrected chi connectivity index (χ0v) is 15.8. The van der Waals surface area contributed by atoms with Gasteiger partial charge in [-0.05, 0) is 36.1 Å². The maximum atomic E-state index is 12.0. The number of aromatic nitrogens is 2. The molecule has 0 spiro atoms. The summed E-state index contributed by atoms with van der Waals surface area (Å²) in [6, 6.07) is 21.4. The highest BCUT2D eigenvalue weighted by atomic mass is 16.5. The molecule has 6 nitrogen and oxygen atoms in total. The minimum absolute atomic E-state index is 0.132. The van der Waals surface area contributed by atoms with Gasteiger partial charge in [0.15, 0.2) is 22.6 Å². The predicted octanol–water partition coefficient (Wildman–Crippen LogP) is 3.22. The largest absolute Gasteiger partial charge is 0.473 e. The van der Waals surface area contributed by atoms with E-state index in [4.69, 9.17) is 4.74 Å². The lowest BCUT2D eigenvalue weighted by atomic mass is 9.73. The molecule has 1 aromatic heterocycles. The van der Waals surface area contributed by atoms with Gasteiger partial charge in [-0.25, -0.2) is 0 Å². The third kappa shape index (κ3) is 2.10. The molecule has 1 aliphatic carbocycles. The standard InChI is InChI=1S/C23H18N4O2/c1-27-19(14-25)20-21(26-27)22(28)12-11-18(16-5-3-2-4-6-16)23(22,29-20)17-9-7-15(13-24)8-10-17/h2-10,18,28H,11-12H2,1H3/t18-,22?,23-/m0/s1. The van der Waals surface area contributed by atoms with E-state index in [0.29, 0.717) is 35.5 Å². The van der Waals surface area contributed by atoms with Crippen molar-refractivity contribution >= 4 is 0 Å². The lowest BCUT2D eigenvalue weighted by molar-refractivity contribution is -0.109. The first kappa shape index (κ1) is 17.5. The highest BCUT2D eigenvalue weighted by Crippen LogP contribution is 2.66. The first-order valence-corrected chi connectivity index (χ1v) is 9.49. The molecule has 6 heteroatoms. The van der Waals surface area contributed by atoms with Crippen molar-refractivity contribution in [1.29, 1.82) is 10.5 Å². The van der Waals surface area contributed by atoms with Crippen molar-refractivity contribution in [3.05, 3.63) is 82.7 Å². The van der Waals surface area contributed by atoms with E-state index in [1.54, 1.807) is 19.2 Å². The number of hydrogen-bond acceptors (Lipinski definition) is 5. The van der Waals surface area contributed by atoms with Gasteiger partial charge in [0.25, 0.3) is 0 Å². The van der Waals surface area contributed by atoms with Crippen LogP contribution >= 0.6 is 0 Å². The van der Waals surface area contributed by atoms with E-state index in [-0.39, 0.29) is 5.92 Å². The molecule has 3 atom stereocenters. The molecule has 3 aromatic rings. The number of benzene rings is 2. The average Bonchev–Trinajstić information content (AvgIpc) is 3.31. The molecule has 5 rings (SSSR count). The van der Waals surface area contributed by atoms with Gasteiger partial charge in [0.05, 0.1) is 11.6 Å². The summed E-state index contributed by atoms with van der Waals surface area (Å²) in [5.74, 6) is 0.218. The highest BCUT2D eigenvalue weighted by Gasteiger charge is 2.70. The molecule has 0 bridgehead atoms. The van der Waals surface area contributed by atoms with Gasteiger partial charge in [-0.3, -0.25) is 4.68 Å². The normalized spacial score (nSPS) is 26.8. The molecule has 0 amide bonds. The number of hydrogen-bond donors (Lipinski definition) is 1. The van der Waals surface area contributed by atoms with E-state index in [1.165, 1.54) is 4.68 Å². The van der Waals surface area contributed by atoms with Crippen molar-refractivity contribution in [1.82, 2.24) is 9.78 Å². The molecule has 0 radical (unpaired) electrons. The number of nitrogens with zero attached hydrogens (tertiary/aromatic N) is 4. The van der Waals surface area contributed by atoms with Crippen LogP contribution in [0, 0.1) is 22.7 Å². The van der Waals surface area contributed by atoms with Crippen molar-refractivity contribution in [2.24, 2.45) is 7.05 Å². The van der Waals surface area contributed by atoms with Crippen molar-refractivity contribution in [2.75, 3.05) is 0 Å². The molecule has 1 fully saturated rings. The third-order valence-electron chi connectivity index (χ3n) is 6.31. The fraction of sp³-hybridized carbons (Fsp3) is 0.261. The minimum Gasteiger partial charge on any atom is -0.473 e. The van der Waals surface area contributed by atoms with E-state index < -0.39 is 11.2 Å². The zero-order chi connectivity index (χ0) is 20.2. The van der Waals surface area contributed by atoms with Crippen LogP contribution in [0.4, 0.5) is 0 Å². The Kier molecular flexibility index (Phi) is 3.58. The first-order valence-electron chi connectivity index (χ1n) is 9.49. The van der Waals surface area contributed by atoms with Gasteiger partial charge in [-0.2, -0.15) is 15.6 Å². The molecule has 0 saturated heterocycles. The van der Waals surface area contributed by atoms with Crippen molar-refractivity contribution < 1.29 is 9.84 Å². The molecule has 1 N–H and O–H groups in total. The Balaban J connectivity index is 1.77. The lowest BCUT2D eigenvalue weighted by Crippen LogP contribution is -2.48. The molecule has 29 heavy (non-hydrogen) atoms. The maximum Gasteiger partial charge on any atom is 0.183 e. The van der Waals surface area contributed by atoms with Gasteiger partial charge in [0.1, 0.15) is 11.8 Å². The summed E-state index contributed by atoms with van der Waals surface area (Å²) >= 11 is 0. The molecule has 2 aromatic carbocycles. The van der Waals surface area contributed by atoms with Crippen LogP contribution in [0.1, 0.15) is 46.8 Å². The van der Waals surface area contributed by atoms with Crippen LogP contribution in [0.15, 0.2) is 54.6 Å². The topological polar surface area (TPSA) is 94.9 Å². The molecule has 2 aliphatic rings. The van der Waals surface area contributed by atoms with E-state index in [0.717, 1.165) is 11.1 Å². The van der Waals surface area contributed by atoms with Crippen LogP contribution in [0.5, 0.6) is 5.75 Å². The molecular formula is C23H18N4O2. The van der Waals surface area contributed by atoms with Gasteiger partial charge in [0.2, 0.25) is 0 Å². The van der Waals surface area contributed by atoms with Crippen LogP contribution in [-0.2, 0) is 18.2 Å². The second-order valence-electron chi connectivity index (χ2n) is 7.65. The fourth-order valence-electron chi connectivity index (χ4n) is 5.01. The quantitative estimate of drug-likeness (QED) is 0.734. The Hall–Kier alpha value is -3.61.